The number of fused-ring (bicyclic) bond motifs is 1. The highest BCUT2D eigenvalue weighted by molar-refractivity contribution is 14.1. The summed E-state index contributed by atoms with van der Waals surface area (Å²) >= 11 is 2.07. The maximum atomic E-state index is 5.58. The molecule has 0 amide bonds. The monoisotopic (exact) mass is 261 g/mol. The predicted molar refractivity (Wildman–Crippen MR) is 49.2 cm³/mol. The fourth-order valence-corrected chi connectivity index (χ4v) is 1.43. The van der Waals surface area contributed by atoms with Gasteiger partial charge in [-0.1, -0.05) is 0 Å². The number of rotatable bonds is 0. The molecule has 2 aromatic rings. The molecule has 11 heavy (non-hydrogen) atoms. The van der Waals surface area contributed by atoms with Crippen LogP contribution in [0.2, 0.25) is 0 Å². The fraction of sp³-hybridized carbons (Fsp3) is 0. The SMILES string of the molecule is Nc1ncnc2ncn(I)c12. The molecule has 0 radical (unpaired) electrons. The molecule has 0 spiro atoms. The van der Waals surface area contributed by atoms with Crippen molar-refractivity contribution in [2.45, 2.75) is 0 Å². The molecule has 0 unspecified atom stereocenters. The number of halogens is 1. The van der Waals surface area contributed by atoms with Crippen LogP contribution in [0.5, 0.6) is 0 Å². The highest BCUT2D eigenvalue weighted by Crippen LogP contribution is 2.16. The number of nitrogen functional groups attached to an aromatic ring is 1. The van der Waals surface area contributed by atoms with E-state index >= 15 is 0 Å². The van der Waals surface area contributed by atoms with Gasteiger partial charge in [-0.15, -0.1) is 0 Å². The van der Waals surface area contributed by atoms with Gasteiger partial charge in [-0.3, -0.25) is 2.78 Å². The molecule has 2 aromatic heterocycles. The third kappa shape index (κ3) is 0.934. The van der Waals surface area contributed by atoms with Gasteiger partial charge >= 0.3 is 0 Å². The number of hydrogen-bond donors (Lipinski definition) is 1. The Morgan fingerprint density at radius 3 is 2.91 bits per heavy atom. The van der Waals surface area contributed by atoms with Gasteiger partial charge in [-0.25, -0.2) is 15.0 Å². The Bertz CT molecular complexity index is 395. The zero-order valence-electron chi connectivity index (χ0n) is 5.40. The summed E-state index contributed by atoms with van der Waals surface area (Å²) in [5.41, 5.74) is 6.99. The van der Waals surface area contributed by atoms with Gasteiger partial charge in [0.05, 0.1) is 22.9 Å². The van der Waals surface area contributed by atoms with E-state index in [-0.39, 0.29) is 0 Å². The second-order valence-electron chi connectivity index (χ2n) is 1.99. The normalized spacial score (nSPS) is 10.6. The average molecular weight is 261 g/mol. The van der Waals surface area contributed by atoms with Crippen LogP contribution in [0.15, 0.2) is 12.7 Å². The summed E-state index contributed by atoms with van der Waals surface area (Å²) in [6, 6.07) is 0. The van der Waals surface area contributed by atoms with Crippen LogP contribution < -0.4 is 5.73 Å². The number of hydrogen-bond acceptors (Lipinski definition) is 4. The topological polar surface area (TPSA) is 69.6 Å². The van der Waals surface area contributed by atoms with Crippen LogP contribution in [0.4, 0.5) is 5.82 Å². The number of nitrogens with two attached hydrogens (primary N) is 1. The van der Waals surface area contributed by atoms with Crippen molar-refractivity contribution >= 4 is 39.8 Å². The van der Waals surface area contributed by atoms with Crippen molar-refractivity contribution in [3.63, 3.8) is 0 Å². The number of imidazole rings is 1. The van der Waals surface area contributed by atoms with Crippen LogP contribution in [-0.4, -0.2) is 17.7 Å². The van der Waals surface area contributed by atoms with Gasteiger partial charge in [0, 0.05) is 0 Å². The summed E-state index contributed by atoms with van der Waals surface area (Å²) in [5, 5.41) is 0. The molecule has 6 heteroatoms. The van der Waals surface area contributed by atoms with Crippen molar-refractivity contribution in [2.75, 3.05) is 5.73 Å². The minimum absolute atomic E-state index is 0.460. The lowest BCUT2D eigenvalue weighted by atomic mass is 10.5. The lowest BCUT2D eigenvalue weighted by Gasteiger charge is -1.93. The van der Waals surface area contributed by atoms with E-state index < -0.39 is 0 Å². The van der Waals surface area contributed by atoms with E-state index in [9.17, 15) is 0 Å². The largest absolute Gasteiger partial charge is 0.382 e. The van der Waals surface area contributed by atoms with Crippen LogP contribution in [0.3, 0.4) is 0 Å². The first kappa shape index (κ1) is 6.77. The van der Waals surface area contributed by atoms with Gasteiger partial charge in [0.15, 0.2) is 11.5 Å². The van der Waals surface area contributed by atoms with Crippen molar-refractivity contribution in [1.29, 1.82) is 0 Å². The molecule has 0 saturated heterocycles. The molecule has 0 bridgehead atoms. The van der Waals surface area contributed by atoms with Crippen molar-refractivity contribution in [3.8, 4) is 0 Å². The Morgan fingerprint density at radius 2 is 2.18 bits per heavy atom. The Morgan fingerprint density at radius 1 is 1.36 bits per heavy atom. The van der Waals surface area contributed by atoms with E-state index in [2.05, 4.69) is 37.8 Å². The lowest BCUT2D eigenvalue weighted by Crippen LogP contribution is -1.93. The summed E-state index contributed by atoms with van der Waals surface area (Å²) in [6.45, 7) is 0. The molecule has 0 aromatic carbocycles. The molecular weight excluding hydrogens is 257 g/mol. The van der Waals surface area contributed by atoms with Gasteiger partial charge in [0.25, 0.3) is 0 Å². The lowest BCUT2D eigenvalue weighted by molar-refractivity contribution is 1.21. The summed E-state index contributed by atoms with van der Waals surface area (Å²) in [4.78, 5) is 11.8. The first-order chi connectivity index (χ1) is 5.29. The maximum absolute atomic E-state index is 5.58. The Labute approximate surface area is 76.1 Å². The van der Waals surface area contributed by atoms with Gasteiger partial charge in [-0.05, 0) is 0 Å². The minimum Gasteiger partial charge on any atom is -0.382 e. The van der Waals surface area contributed by atoms with Crippen LogP contribution in [0.25, 0.3) is 11.2 Å². The maximum Gasteiger partial charge on any atom is 0.183 e. The third-order valence-electron chi connectivity index (χ3n) is 1.33. The van der Waals surface area contributed by atoms with Gasteiger partial charge in [-0.2, -0.15) is 0 Å². The third-order valence-corrected chi connectivity index (χ3v) is 2.06. The quantitative estimate of drug-likeness (QED) is 0.705. The molecular formula is C5H4IN5. The summed E-state index contributed by atoms with van der Waals surface area (Å²) in [7, 11) is 0. The van der Waals surface area contributed by atoms with E-state index in [1.54, 1.807) is 9.11 Å². The van der Waals surface area contributed by atoms with Crippen LogP contribution in [0.1, 0.15) is 0 Å². The van der Waals surface area contributed by atoms with Crippen molar-refractivity contribution in [1.82, 2.24) is 17.7 Å². The molecule has 56 valence electrons. The van der Waals surface area contributed by atoms with Crippen molar-refractivity contribution in [2.24, 2.45) is 0 Å². The second kappa shape index (κ2) is 2.29. The molecule has 2 heterocycles. The van der Waals surface area contributed by atoms with E-state index in [1.165, 1.54) is 6.33 Å². The highest BCUT2D eigenvalue weighted by Gasteiger charge is 2.04. The first-order valence-electron chi connectivity index (χ1n) is 2.88. The zero-order chi connectivity index (χ0) is 7.84. The van der Waals surface area contributed by atoms with Gasteiger partial charge in [0.2, 0.25) is 0 Å². The molecule has 0 aliphatic rings. The van der Waals surface area contributed by atoms with Gasteiger partial charge in [0.1, 0.15) is 18.2 Å². The number of nitrogens with zero attached hydrogens (tertiary/aromatic N) is 4. The van der Waals surface area contributed by atoms with Crippen LogP contribution in [0, 0.1) is 0 Å². The first-order valence-corrected chi connectivity index (χ1v) is 3.85. The fourth-order valence-electron chi connectivity index (χ4n) is 0.845. The Hall–Kier alpha value is -0.920. The second-order valence-corrected chi connectivity index (χ2v) is 3.03. The van der Waals surface area contributed by atoms with E-state index in [0.717, 1.165) is 5.52 Å². The molecule has 2 rings (SSSR count). The molecule has 2 N–H and O–H groups in total. The summed E-state index contributed by atoms with van der Waals surface area (Å²) in [6.07, 6.45) is 3.05. The molecule has 0 aliphatic heterocycles. The van der Waals surface area contributed by atoms with Gasteiger partial charge < -0.3 is 5.73 Å². The number of anilines is 1. The molecule has 0 fully saturated rings. The average Bonchev–Trinajstić information content (AvgIpc) is 2.34. The van der Waals surface area contributed by atoms with Crippen LogP contribution in [-0.2, 0) is 0 Å². The molecule has 0 atom stereocenters. The summed E-state index contributed by atoms with van der Waals surface area (Å²) in [5.74, 6) is 0.460. The standard InChI is InChI=1S/C5H4IN5/c6-11-2-10-5-3(11)4(7)8-1-9-5/h1-2H,(H2,7,8,9). The van der Waals surface area contributed by atoms with E-state index in [4.69, 9.17) is 5.73 Å². The van der Waals surface area contributed by atoms with E-state index in [0.29, 0.717) is 11.5 Å². The van der Waals surface area contributed by atoms with Crippen molar-refractivity contribution < 1.29 is 0 Å². The zero-order valence-corrected chi connectivity index (χ0v) is 7.56. The summed E-state index contributed by atoms with van der Waals surface area (Å²) < 4.78 is 1.77. The number of aromatic nitrogens is 4. The van der Waals surface area contributed by atoms with Crippen molar-refractivity contribution in [3.05, 3.63) is 12.7 Å². The molecule has 0 saturated carbocycles. The Kier molecular flexibility index (Phi) is 1.41. The molecule has 0 aliphatic carbocycles. The minimum atomic E-state index is 0.460. The van der Waals surface area contributed by atoms with E-state index in [1.807, 2.05) is 0 Å². The highest BCUT2D eigenvalue weighted by atomic mass is 127. The predicted octanol–water partition coefficient (Wildman–Crippen LogP) is 0.607. The smallest absolute Gasteiger partial charge is 0.183 e. The Balaban J connectivity index is 2.96. The molecule has 5 nitrogen and oxygen atoms in total. The van der Waals surface area contributed by atoms with Crippen LogP contribution >= 0.6 is 22.9 Å².